The van der Waals surface area contributed by atoms with Crippen molar-refractivity contribution in [3.05, 3.63) is 95.3 Å². The van der Waals surface area contributed by atoms with Crippen molar-refractivity contribution in [3.8, 4) is 0 Å². The zero-order valence-electron chi connectivity index (χ0n) is 18.0. The first kappa shape index (κ1) is 21.1. The predicted molar refractivity (Wildman–Crippen MR) is 123 cm³/mol. The molecule has 1 aliphatic rings. The lowest BCUT2D eigenvalue weighted by atomic mass is 10.1. The number of piperidine rings is 1. The summed E-state index contributed by atoms with van der Waals surface area (Å²) in [6.45, 7) is 4.93. The second-order valence-electron chi connectivity index (χ2n) is 8.31. The van der Waals surface area contributed by atoms with E-state index in [9.17, 15) is 4.79 Å². The smallest absolute Gasteiger partial charge is 0.244 e. The number of amides is 1. The van der Waals surface area contributed by atoms with Gasteiger partial charge in [0, 0.05) is 29.9 Å². The van der Waals surface area contributed by atoms with E-state index in [1.165, 1.54) is 43.5 Å². The average molecular weight is 416 g/mol. The van der Waals surface area contributed by atoms with Gasteiger partial charge in [0.2, 0.25) is 5.91 Å². The van der Waals surface area contributed by atoms with Crippen LogP contribution in [0, 0.1) is 0 Å². The molecule has 0 aliphatic carbocycles. The summed E-state index contributed by atoms with van der Waals surface area (Å²) in [7, 11) is 0. The highest BCUT2D eigenvalue weighted by atomic mass is 16.1. The summed E-state index contributed by atoms with van der Waals surface area (Å²) in [6, 6.07) is 18.8. The molecule has 0 atom stereocenters. The van der Waals surface area contributed by atoms with Gasteiger partial charge >= 0.3 is 0 Å². The first-order valence-corrected chi connectivity index (χ1v) is 11.2. The Hall–Kier alpha value is -3.18. The standard InChI is InChI=1S/C26H30N4O/c31-26(14-13-25-18-28-30(21-25)20-23-7-3-1-4-8-23)27-17-22-9-11-24(12-10-22)19-29-15-5-2-6-16-29/h1,3-4,7-14,18,21H,2,5-6,15-17,19-20H2,(H,27,31)/p+1/b14-13+. The van der Waals surface area contributed by atoms with E-state index in [1.807, 2.05) is 29.1 Å². The minimum Gasteiger partial charge on any atom is -0.348 e. The lowest BCUT2D eigenvalue weighted by molar-refractivity contribution is -0.918. The number of aromatic nitrogens is 2. The molecular weight excluding hydrogens is 384 g/mol. The van der Waals surface area contributed by atoms with Gasteiger partial charge in [0.05, 0.1) is 25.8 Å². The number of hydrogen-bond donors (Lipinski definition) is 2. The normalized spacial score (nSPS) is 14.7. The number of likely N-dealkylation sites (tertiary alicyclic amines) is 1. The van der Waals surface area contributed by atoms with E-state index in [2.05, 4.69) is 46.8 Å². The molecule has 2 aromatic carbocycles. The molecule has 5 nitrogen and oxygen atoms in total. The van der Waals surface area contributed by atoms with Gasteiger partial charge in [-0.3, -0.25) is 9.48 Å². The molecule has 0 unspecified atom stereocenters. The predicted octanol–water partition coefficient (Wildman–Crippen LogP) is 2.83. The molecule has 1 amide bonds. The molecule has 0 spiro atoms. The molecule has 4 rings (SSSR count). The van der Waals surface area contributed by atoms with Crippen LogP contribution in [0.5, 0.6) is 0 Å². The lowest BCUT2D eigenvalue weighted by Crippen LogP contribution is -3.11. The number of benzene rings is 2. The van der Waals surface area contributed by atoms with E-state index < -0.39 is 0 Å². The van der Waals surface area contributed by atoms with Gasteiger partial charge in [-0.1, -0.05) is 54.6 Å². The topological polar surface area (TPSA) is 51.4 Å². The fourth-order valence-electron chi connectivity index (χ4n) is 4.03. The van der Waals surface area contributed by atoms with E-state index in [1.54, 1.807) is 23.2 Å². The fourth-order valence-corrected chi connectivity index (χ4v) is 4.03. The molecular formula is C26H31N4O+. The summed E-state index contributed by atoms with van der Waals surface area (Å²) in [5.74, 6) is -0.0994. The van der Waals surface area contributed by atoms with Crippen LogP contribution in [-0.2, 0) is 24.4 Å². The number of nitrogens with one attached hydrogen (secondary N) is 2. The highest BCUT2D eigenvalue weighted by Gasteiger charge is 2.13. The molecule has 1 fully saturated rings. The molecule has 160 valence electrons. The summed E-state index contributed by atoms with van der Waals surface area (Å²) >= 11 is 0. The van der Waals surface area contributed by atoms with Crippen LogP contribution in [0.1, 0.15) is 41.5 Å². The Morgan fingerprint density at radius 1 is 0.968 bits per heavy atom. The number of carbonyl (C=O) groups is 1. The third kappa shape index (κ3) is 6.66. The van der Waals surface area contributed by atoms with Gasteiger partial charge in [-0.15, -0.1) is 0 Å². The van der Waals surface area contributed by atoms with Crippen molar-refractivity contribution in [1.29, 1.82) is 0 Å². The Kier molecular flexibility index (Phi) is 7.29. The zero-order valence-corrected chi connectivity index (χ0v) is 18.0. The zero-order chi connectivity index (χ0) is 21.3. The largest absolute Gasteiger partial charge is 0.348 e. The van der Waals surface area contributed by atoms with Gasteiger partial charge in [-0.25, -0.2) is 0 Å². The maximum absolute atomic E-state index is 12.2. The molecule has 1 aliphatic heterocycles. The van der Waals surface area contributed by atoms with Crippen LogP contribution in [0.4, 0.5) is 0 Å². The molecule has 5 heteroatoms. The van der Waals surface area contributed by atoms with Gasteiger partial charge < -0.3 is 10.2 Å². The Balaban J connectivity index is 1.22. The highest BCUT2D eigenvalue weighted by molar-refractivity contribution is 5.91. The summed E-state index contributed by atoms with van der Waals surface area (Å²) in [4.78, 5) is 13.9. The third-order valence-electron chi connectivity index (χ3n) is 5.77. The summed E-state index contributed by atoms with van der Waals surface area (Å²) in [5, 5.41) is 7.32. The number of rotatable bonds is 8. The van der Waals surface area contributed by atoms with Crippen LogP contribution in [0.25, 0.3) is 6.08 Å². The summed E-state index contributed by atoms with van der Waals surface area (Å²) in [6.07, 6.45) is 11.2. The maximum atomic E-state index is 12.2. The van der Waals surface area contributed by atoms with Crippen LogP contribution >= 0.6 is 0 Å². The van der Waals surface area contributed by atoms with Gasteiger partial charge in [0.25, 0.3) is 0 Å². The van der Waals surface area contributed by atoms with Crippen LogP contribution in [0.3, 0.4) is 0 Å². The first-order chi connectivity index (χ1) is 15.2. The summed E-state index contributed by atoms with van der Waals surface area (Å²) in [5.41, 5.74) is 4.60. The van der Waals surface area contributed by atoms with Gasteiger partial charge in [0.15, 0.2) is 0 Å². The minimum absolute atomic E-state index is 0.0994. The maximum Gasteiger partial charge on any atom is 0.244 e. The van der Waals surface area contributed by atoms with Crippen molar-refractivity contribution in [2.45, 2.75) is 38.9 Å². The SMILES string of the molecule is O=C(/C=C/c1cnn(Cc2ccccc2)c1)NCc1ccc(C[NH+]2CCCCC2)cc1. The highest BCUT2D eigenvalue weighted by Crippen LogP contribution is 2.07. The molecule has 0 bridgehead atoms. The van der Waals surface area contributed by atoms with Crippen molar-refractivity contribution in [2.75, 3.05) is 13.1 Å². The third-order valence-corrected chi connectivity index (χ3v) is 5.77. The van der Waals surface area contributed by atoms with Crippen molar-refractivity contribution >= 4 is 12.0 Å². The minimum atomic E-state index is -0.0994. The van der Waals surface area contributed by atoms with Crippen molar-refractivity contribution < 1.29 is 9.69 Å². The van der Waals surface area contributed by atoms with E-state index in [-0.39, 0.29) is 5.91 Å². The van der Waals surface area contributed by atoms with Crippen LogP contribution in [-0.4, -0.2) is 28.8 Å². The fraction of sp³-hybridized carbons (Fsp3) is 0.308. The molecule has 0 radical (unpaired) electrons. The van der Waals surface area contributed by atoms with Crippen LogP contribution in [0.2, 0.25) is 0 Å². The van der Waals surface area contributed by atoms with Crippen LogP contribution in [0.15, 0.2) is 73.1 Å². The quantitative estimate of drug-likeness (QED) is 0.556. The lowest BCUT2D eigenvalue weighted by Gasteiger charge is -2.23. The molecule has 3 aromatic rings. The Labute approximate surface area is 184 Å². The number of carbonyl (C=O) groups excluding carboxylic acids is 1. The van der Waals surface area contributed by atoms with Crippen molar-refractivity contribution in [1.82, 2.24) is 15.1 Å². The van der Waals surface area contributed by atoms with E-state index in [4.69, 9.17) is 0 Å². The summed E-state index contributed by atoms with van der Waals surface area (Å²) < 4.78 is 1.88. The molecule has 31 heavy (non-hydrogen) atoms. The van der Waals surface area contributed by atoms with Gasteiger partial charge in [-0.05, 0) is 36.5 Å². The molecule has 1 saturated heterocycles. The number of hydrogen-bond acceptors (Lipinski definition) is 2. The van der Waals surface area contributed by atoms with E-state index in [0.717, 1.165) is 24.2 Å². The Morgan fingerprint density at radius 3 is 2.48 bits per heavy atom. The van der Waals surface area contributed by atoms with E-state index in [0.29, 0.717) is 6.54 Å². The number of nitrogens with zero attached hydrogens (tertiary/aromatic N) is 2. The van der Waals surface area contributed by atoms with Gasteiger partial charge in [-0.2, -0.15) is 5.10 Å². The Morgan fingerprint density at radius 2 is 1.71 bits per heavy atom. The van der Waals surface area contributed by atoms with Crippen molar-refractivity contribution in [2.24, 2.45) is 0 Å². The molecule has 1 aromatic heterocycles. The van der Waals surface area contributed by atoms with Crippen molar-refractivity contribution in [3.63, 3.8) is 0 Å². The van der Waals surface area contributed by atoms with Crippen LogP contribution < -0.4 is 10.2 Å². The molecule has 2 heterocycles. The Bertz CT molecular complexity index is 986. The molecule has 2 N–H and O–H groups in total. The van der Waals surface area contributed by atoms with Gasteiger partial charge in [0.1, 0.15) is 6.54 Å². The average Bonchev–Trinajstić information content (AvgIpc) is 3.26. The monoisotopic (exact) mass is 415 g/mol. The van der Waals surface area contributed by atoms with E-state index >= 15 is 0 Å². The second-order valence-corrected chi connectivity index (χ2v) is 8.31. The number of quaternary nitrogens is 1. The second kappa shape index (κ2) is 10.7. The first-order valence-electron chi connectivity index (χ1n) is 11.2. The molecule has 0 saturated carbocycles.